The maximum atomic E-state index is 6.06. The highest BCUT2D eigenvalue weighted by atomic mass is 16.5. The predicted octanol–water partition coefficient (Wildman–Crippen LogP) is -0.222. The first kappa shape index (κ1) is 14.0. The van der Waals surface area contributed by atoms with E-state index in [0.29, 0.717) is 0 Å². The summed E-state index contributed by atoms with van der Waals surface area (Å²) >= 11 is 0. The Kier molecular flexibility index (Phi) is 4.15. The zero-order valence-corrected chi connectivity index (χ0v) is 11.6. The summed E-state index contributed by atoms with van der Waals surface area (Å²) in [5.74, 6) is 1.74. The van der Waals surface area contributed by atoms with Crippen molar-refractivity contribution in [1.29, 1.82) is 0 Å². The largest absolute Gasteiger partial charge is 0.496 e. The van der Waals surface area contributed by atoms with E-state index in [-0.39, 0.29) is 11.3 Å². The molecule has 0 bridgehead atoms. The number of rotatable bonds is 4. The van der Waals surface area contributed by atoms with Crippen LogP contribution < -0.4 is 15.2 Å². The van der Waals surface area contributed by atoms with Crippen LogP contribution in [-0.4, -0.2) is 36.0 Å². The van der Waals surface area contributed by atoms with E-state index < -0.39 is 0 Å². The third-order valence-electron chi connectivity index (χ3n) is 3.55. The Morgan fingerprint density at radius 3 is 2.12 bits per heavy atom. The standard InChI is InChI=1S/C12H21B2NO2/c1-7-5-11(17-4)9(6-10(7)16-3)12(13,14)8(2)15/h5-6,8H,13-15H2,1-4H3. The number of aryl methyl sites for hydroxylation is 1. The quantitative estimate of drug-likeness (QED) is 0.731. The minimum absolute atomic E-state index is 0.0313. The summed E-state index contributed by atoms with van der Waals surface area (Å²) in [4.78, 5) is 0. The molecule has 0 heterocycles. The molecule has 0 saturated heterocycles. The maximum Gasteiger partial charge on any atom is 0.122 e. The Labute approximate surface area is 105 Å². The molecule has 5 heteroatoms. The van der Waals surface area contributed by atoms with E-state index >= 15 is 0 Å². The van der Waals surface area contributed by atoms with E-state index in [1.807, 2.05) is 26.0 Å². The highest BCUT2D eigenvalue weighted by Crippen LogP contribution is 2.35. The summed E-state index contributed by atoms with van der Waals surface area (Å²) in [6, 6.07) is 4.05. The molecule has 0 aliphatic heterocycles. The molecule has 0 fully saturated rings. The molecule has 1 rings (SSSR count). The average molecular weight is 233 g/mol. The summed E-state index contributed by atoms with van der Waals surface area (Å²) in [5.41, 5.74) is 8.20. The molecule has 0 aromatic heterocycles. The molecule has 0 amide bonds. The lowest BCUT2D eigenvalue weighted by Crippen LogP contribution is -2.44. The van der Waals surface area contributed by atoms with E-state index in [2.05, 4.69) is 15.7 Å². The van der Waals surface area contributed by atoms with E-state index in [4.69, 9.17) is 15.2 Å². The smallest absolute Gasteiger partial charge is 0.122 e. The number of nitrogens with two attached hydrogens (primary N) is 1. The van der Waals surface area contributed by atoms with Crippen LogP contribution >= 0.6 is 0 Å². The van der Waals surface area contributed by atoms with Crippen LogP contribution in [0.5, 0.6) is 11.5 Å². The summed E-state index contributed by atoms with van der Waals surface area (Å²) < 4.78 is 10.8. The number of ether oxygens (including phenoxy) is 2. The Morgan fingerprint density at radius 1 is 1.18 bits per heavy atom. The third kappa shape index (κ3) is 2.60. The molecule has 0 aliphatic carbocycles. The van der Waals surface area contributed by atoms with Crippen molar-refractivity contribution in [3.63, 3.8) is 0 Å². The predicted molar refractivity (Wildman–Crippen MR) is 76.7 cm³/mol. The zero-order chi connectivity index (χ0) is 13.2. The second-order valence-corrected chi connectivity index (χ2v) is 5.03. The molecule has 92 valence electrons. The number of hydrogen-bond donors (Lipinski definition) is 1. The van der Waals surface area contributed by atoms with Gasteiger partial charge in [-0.3, -0.25) is 0 Å². The lowest BCUT2D eigenvalue weighted by atomic mass is 9.47. The molecular weight excluding hydrogens is 212 g/mol. The molecule has 0 spiro atoms. The summed E-state index contributed by atoms with van der Waals surface area (Å²) in [7, 11) is 7.59. The van der Waals surface area contributed by atoms with Gasteiger partial charge in [0.2, 0.25) is 0 Å². The van der Waals surface area contributed by atoms with Crippen molar-refractivity contribution in [1.82, 2.24) is 0 Å². The lowest BCUT2D eigenvalue weighted by molar-refractivity contribution is 0.392. The SMILES string of the molecule is BC(B)(c1cc(OC)c(C)cc1OC)C(C)N. The molecule has 0 aliphatic rings. The topological polar surface area (TPSA) is 44.5 Å². The number of benzene rings is 1. The lowest BCUT2D eigenvalue weighted by Gasteiger charge is -2.32. The van der Waals surface area contributed by atoms with Crippen molar-refractivity contribution < 1.29 is 9.47 Å². The first-order chi connectivity index (χ1) is 7.84. The van der Waals surface area contributed by atoms with Crippen molar-refractivity contribution in [3.8, 4) is 11.5 Å². The molecular formula is C12H21B2NO2. The van der Waals surface area contributed by atoms with Crippen LogP contribution in [0.4, 0.5) is 0 Å². The summed E-state index contributed by atoms with van der Waals surface area (Å²) in [6.07, 6.45) is 0. The Bertz CT molecular complexity index is 406. The first-order valence-corrected chi connectivity index (χ1v) is 5.83. The van der Waals surface area contributed by atoms with Crippen LogP contribution in [0.25, 0.3) is 0 Å². The van der Waals surface area contributed by atoms with Crippen LogP contribution in [0.2, 0.25) is 0 Å². The van der Waals surface area contributed by atoms with Gasteiger partial charge in [0.25, 0.3) is 0 Å². The first-order valence-electron chi connectivity index (χ1n) is 5.83. The molecule has 0 saturated carbocycles. The molecule has 2 N–H and O–H groups in total. The van der Waals surface area contributed by atoms with Crippen molar-refractivity contribution in [2.75, 3.05) is 14.2 Å². The van der Waals surface area contributed by atoms with Crippen LogP contribution in [-0.2, 0) is 5.21 Å². The molecule has 1 aromatic rings. The fourth-order valence-corrected chi connectivity index (χ4v) is 1.80. The van der Waals surface area contributed by atoms with Gasteiger partial charge in [0.05, 0.1) is 14.2 Å². The van der Waals surface area contributed by atoms with Crippen LogP contribution in [0.3, 0.4) is 0 Å². The van der Waals surface area contributed by atoms with Crippen LogP contribution in [0.15, 0.2) is 12.1 Å². The molecule has 1 aromatic carbocycles. The van der Waals surface area contributed by atoms with Crippen molar-refractivity contribution in [2.45, 2.75) is 25.1 Å². The molecule has 0 radical (unpaired) electrons. The van der Waals surface area contributed by atoms with Crippen LogP contribution in [0, 0.1) is 6.92 Å². The summed E-state index contributed by atoms with van der Waals surface area (Å²) in [5, 5.41) is -0.160. The van der Waals surface area contributed by atoms with Gasteiger partial charge in [-0.05, 0) is 41.4 Å². The zero-order valence-electron chi connectivity index (χ0n) is 11.6. The highest BCUT2D eigenvalue weighted by molar-refractivity contribution is 6.41. The second-order valence-electron chi connectivity index (χ2n) is 5.03. The fourth-order valence-electron chi connectivity index (χ4n) is 1.80. The van der Waals surface area contributed by atoms with Gasteiger partial charge in [-0.15, -0.1) is 0 Å². The Morgan fingerprint density at radius 2 is 1.71 bits per heavy atom. The van der Waals surface area contributed by atoms with Crippen molar-refractivity contribution in [2.24, 2.45) is 5.73 Å². The van der Waals surface area contributed by atoms with E-state index in [1.54, 1.807) is 14.2 Å². The Balaban J connectivity index is 3.40. The van der Waals surface area contributed by atoms with E-state index in [0.717, 1.165) is 22.6 Å². The maximum absolute atomic E-state index is 6.06. The average Bonchev–Trinajstić information content (AvgIpc) is 2.27. The van der Waals surface area contributed by atoms with E-state index in [9.17, 15) is 0 Å². The second kappa shape index (κ2) is 5.05. The molecule has 3 nitrogen and oxygen atoms in total. The van der Waals surface area contributed by atoms with Gasteiger partial charge in [0, 0.05) is 0 Å². The van der Waals surface area contributed by atoms with Gasteiger partial charge in [0.15, 0.2) is 0 Å². The van der Waals surface area contributed by atoms with Crippen LogP contribution in [0.1, 0.15) is 18.1 Å². The molecule has 1 atom stereocenters. The highest BCUT2D eigenvalue weighted by Gasteiger charge is 2.29. The minimum atomic E-state index is -0.160. The van der Waals surface area contributed by atoms with Crippen molar-refractivity contribution in [3.05, 3.63) is 23.3 Å². The normalized spacial score (nSPS) is 13.2. The fraction of sp³-hybridized carbons (Fsp3) is 0.500. The molecule has 1 unspecified atom stereocenters. The number of hydrogen-bond acceptors (Lipinski definition) is 3. The number of methoxy groups -OCH3 is 2. The van der Waals surface area contributed by atoms with Gasteiger partial charge in [-0.2, -0.15) is 0 Å². The van der Waals surface area contributed by atoms with E-state index in [1.165, 1.54) is 0 Å². The molecule has 17 heavy (non-hydrogen) atoms. The Hall–Kier alpha value is -1.09. The van der Waals surface area contributed by atoms with Gasteiger partial charge in [-0.1, -0.05) is 6.92 Å². The monoisotopic (exact) mass is 233 g/mol. The summed E-state index contributed by atoms with van der Waals surface area (Å²) in [6.45, 7) is 4.01. The minimum Gasteiger partial charge on any atom is -0.496 e. The van der Waals surface area contributed by atoms with Gasteiger partial charge in [0.1, 0.15) is 27.2 Å². The van der Waals surface area contributed by atoms with Gasteiger partial charge < -0.3 is 15.2 Å². The third-order valence-corrected chi connectivity index (χ3v) is 3.55. The van der Waals surface area contributed by atoms with Crippen molar-refractivity contribution >= 4 is 15.7 Å². The van der Waals surface area contributed by atoms with Gasteiger partial charge >= 0.3 is 0 Å². The van der Waals surface area contributed by atoms with Gasteiger partial charge in [-0.25, -0.2) is 0 Å².